The minimum Gasteiger partial charge on any atom is -0.348 e. The van der Waals surface area contributed by atoms with E-state index in [1.165, 1.54) is 5.39 Å². The highest BCUT2D eigenvalue weighted by Crippen LogP contribution is 2.22. The second-order valence-corrected chi connectivity index (χ2v) is 7.34. The van der Waals surface area contributed by atoms with Crippen molar-refractivity contribution in [3.8, 4) is 0 Å². The number of nitrogens with one attached hydrogen (secondary N) is 1. The first-order valence-corrected chi connectivity index (χ1v) is 9.45. The van der Waals surface area contributed by atoms with Crippen LogP contribution in [0.3, 0.4) is 0 Å². The Bertz CT molecular complexity index is 819. The van der Waals surface area contributed by atoms with Gasteiger partial charge in [0.25, 0.3) is 0 Å². The number of carbonyl (C=O) groups is 2. The van der Waals surface area contributed by atoms with Gasteiger partial charge in [-0.25, -0.2) is 4.79 Å². The topological polar surface area (TPSA) is 78.7 Å². The highest BCUT2D eigenvalue weighted by molar-refractivity contribution is 5.85. The van der Waals surface area contributed by atoms with Crippen LogP contribution in [0.5, 0.6) is 0 Å². The summed E-state index contributed by atoms with van der Waals surface area (Å²) in [6.45, 7) is 1.57. The van der Waals surface area contributed by atoms with Gasteiger partial charge in [-0.05, 0) is 35.2 Å². The van der Waals surface area contributed by atoms with Crippen LogP contribution in [0, 0.1) is 5.92 Å². The van der Waals surface area contributed by atoms with Crippen molar-refractivity contribution < 1.29 is 9.59 Å². The van der Waals surface area contributed by atoms with E-state index in [9.17, 15) is 9.59 Å². The van der Waals surface area contributed by atoms with Crippen molar-refractivity contribution >= 4 is 35.1 Å². The zero-order valence-corrected chi connectivity index (χ0v) is 17.2. The summed E-state index contributed by atoms with van der Waals surface area (Å²) in [4.78, 5) is 28.1. The molecule has 1 saturated heterocycles. The Morgan fingerprint density at radius 3 is 2.39 bits per heavy atom. The molecule has 3 N–H and O–H groups in total. The number of likely N-dealkylation sites (tertiary alicyclic amines) is 1. The molecule has 152 valence electrons. The van der Waals surface area contributed by atoms with E-state index in [0.717, 1.165) is 10.9 Å². The summed E-state index contributed by atoms with van der Waals surface area (Å²) < 4.78 is 0. The Morgan fingerprint density at radius 1 is 1.14 bits per heavy atom. The number of urea groups is 1. The highest BCUT2D eigenvalue weighted by Gasteiger charge is 2.29. The summed E-state index contributed by atoms with van der Waals surface area (Å²) in [5.74, 6) is -0.0544. The van der Waals surface area contributed by atoms with Gasteiger partial charge in [-0.2, -0.15) is 0 Å². The van der Waals surface area contributed by atoms with Crippen LogP contribution < -0.4 is 11.1 Å². The van der Waals surface area contributed by atoms with Crippen LogP contribution in [-0.2, 0) is 4.79 Å². The van der Waals surface area contributed by atoms with Gasteiger partial charge in [0.1, 0.15) is 0 Å². The zero-order valence-electron chi connectivity index (χ0n) is 16.4. The Kier molecular flexibility index (Phi) is 7.66. The van der Waals surface area contributed by atoms with Crippen molar-refractivity contribution in [3.05, 3.63) is 48.0 Å². The maximum absolute atomic E-state index is 12.7. The number of rotatable bonds is 4. The molecule has 0 aromatic heterocycles. The highest BCUT2D eigenvalue weighted by atomic mass is 35.5. The van der Waals surface area contributed by atoms with E-state index in [-0.39, 0.29) is 36.3 Å². The molecule has 3 amide bonds. The summed E-state index contributed by atoms with van der Waals surface area (Å²) in [5, 5.41) is 5.41. The number of fused-ring (bicyclic) bond motifs is 1. The number of benzene rings is 2. The molecular formula is C21H29ClN4O2. The number of hydrogen-bond donors (Lipinski definition) is 2. The number of amides is 3. The standard InChI is InChI=1S/C21H28N4O2.ClH/c1-24(2)21(27)25-11-9-16(10-12-25)20(26)23-19(14-22)18-8-7-15-5-3-4-6-17(15)13-18;/h3-8,13,16,19H,9-12,14,22H2,1-2H3,(H,23,26);1H. The van der Waals surface area contributed by atoms with E-state index >= 15 is 0 Å². The summed E-state index contributed by atoms with van der Waals surface area (Å²) in [6, 6.07) is 14.1. The first-order chi connectivity index (χ1) is 13.0. The van der Waals surface area contributed by atoms with Crippen LogP contribution in [-0.4, -0.2) is 55.5 Å². The Balaban J connectivity index is 0.00000280. The summed E-state index contributed by atoms with van der Waals surface area (Å²) >= 11 is 0. The van der Waals surface area contributed by atoms with Crippen LogP contribution in [0.2, 0.25) is 0 Å². The maximum Gasteiger partial charge on any atom is 0.319 e. The van der Waals surface area contributed by atoms with E-state index in [1.807, 2.05) is 18.2 Å². The van der Waals surface area contributed by atoms with Gasteiger partial charge in [-0.1, -0.05) is 36.4 Å². The minimum absolute atomic E-state index is 0. The van der Waals surface area contributed by atoms with Crippen molar-refractivity contribution in [3.63, 3.8) is 0 Å². The first kappa shape index (κ1) is 22.0. The number of piperidine rings is 1. The normalized spacial score (nSPS) is 15.6. The van der Waals surface area contributed by atoms with Crippen molar-refractivity contribution in [1.29, 1.82) is 0 Å². The lowest BCUT2D eigenvalue weighted by Gasteiger charge is -2.33. The fourth-order valence-electron chi connectivity index (χ4n) is 3.61. The number of carbonyl (C=O) groups excluding carboxylic acids is 2. The van der Waals surface area contributed by atoms with Gasteiger partial charge in [-0.15, -0.1) is 12.4 Å². The quantitative estimate of drug-likeness (QED) is 0.822. The number of halogens is 1. The number of nitrogens with two attached hydrogens (primary N) is 1. The van der Waals surface area contributed by atoms with Crippen molar-refractivity contribution in [2.45, 2.75) is 18.9 Å². The molecule has 7 heteroatoms. The van der Waals surface area contributed by atoms with Crippen LogP contribution in [0.25, 0.3) is 10.8 Å². The molecule has 6 nitrogen and oxygen atoms in total. The lowest BCUT2D eigenvalue weighted by molar-refractivity contribution is -0.127. The zero-order chi connectivity index (χ0) is 19.4. The molecule has 1 aliphatic rings. The predicted octanol–water partition coefficient (Wildman–Crippen LogP) is 2.77. The average molecular weight is 405 g/mol. The van der Waals surface area contributed by atoms with E-state index < -0.39 is 0 Å². The Morgan fingerprint density at radius 2 is 1.79 bits per heavy atom. The summed E-state index contributed by atoms with van der Waals surface area (Å²) in [7, 11) is 3.49. The minimum atomic E-state index is -0.205. The van der Waals surface area contributed by atoms with E-state index in [2.05, 4.69) is 29.6 Å². The van der Waals surface area contributed by atoms with Crippen molar-refractivity contribution in [2.24, 2.45) is 11.7 Å². The van der Waals surface area contributed by atoms with Crippen LogP contribution in [0.15, 0.2) is 42.5 Å². The van der Waals surface area contributed by atoms with Gasteiger partial charge in [-0.3, -0.25) is 4.79 Å². The van der Waals surface area contributed by atoms with Crippen LogP contribution in [0.4, 0.5) is 4.79 Å². The first-order valence-electron chi connectivity index (χ1n) is 9.45. The SMILES string of the molecule is CN(C)C(=O)N1CCC(C(=O)NC(CN)c2ccc3ccccc3c2)CC1.Cl. The molecule has 0 bridgehead atoms. The van der Waals surface area contributed by atoms with Crippen LogP contribution in [0.1, 0.15) is 24.4 Å². The maximum atomic E-state index is 12.7. The molecule has 0 saturated carbocycles. The summed E-state index contributed by atoms with van der Waals surface area (Å²) in [6.07, 6.45) is 1.36. The number of hydrogen-bond acceptors (Lipinski definition) is 3. The Hall–Kier alpha value is -2.31. The molecule has 0 aliphatic carbocycles. The van der Waals surface area contributed by atoms with Gasteiger partial charge >= 0.3 is 6.03 Å². The van der Waals surface area contributed by atoms with Crippen molar-refractivity contribution in [2.75, 3.05) is 33.7 Å². The Labute approximate surface area is 172 Å². The molecule has 0 radical (unpaired) electrons. The molecule has 1 aliphatic heterocycles. The van der Waals surface area contributed by atoms with E-state index in [1.54, 1.807) is 23.9 Å². The van der Waals surface area contributed by atoms with Gasteiger partial charge in [0.2, 0.25) is 5.91 Å². The van der Waals surface area contributed by atoms with E-state index in [0.29, 0.717) is 32.5 Å². The molecule has 0 spiro atoms. The predicted molar refractivity (Wildman–Crippen MR) is 115 cm³/mol. The lowest BCUT2D eigenvalue weighted by Crippen LogP contribution is -2.47. The third kappa shape index (κ3) is 4.94. The fourth-order valence-corrected chi connectivity index (χ4v) is 3.61. The molecule has 1 unspecified atom stereocenters. The largest absolute Gasteiger partial charge is 0.348 e. The molecule has 1 fully saturated rings. The van der Waals surface area contributed by atoms with Gasteiger partial charge in [0, 0.05) is 39.6 Å². The molecule has 28 heavy (non-hydrogen) atoms. The number of nitrogens with zero attached hydrogens (tertiary/aromatic N) is 2. The molecule has 2 aromatic carbocycles. The third-order valence-corrected chi connectivity index (χ3v) is 5.25. The smallest absolute Gasteiger partial charge is 0.319 e. The monoisotopic (exact) mass is 404 g/mol. The van der Waals surface area contributed by atoms with Crippen LogP contribution >= 0.6 is 12.4 Å². The lowest BCUT2D eigenvalue weighted by atomic mass is 9.95. The molecule has 1 atom stereocenters. The van der Waals surface area contributed by atoms with Crippen molar-refractivity contribution in [1.82, 2.24) is 15.1 Å². The average Bonchev–Trinajstić information content (AvgIpc) is 2.71. The second-order valence-electron chi connectivity index (χ2n) is 7.34. The molecule has 3 rings (SSSR count). The van der Waals surface area contributed by atoms with Gasteiger partial charge in [0.15, 0.2) is 0 Å². The molecular weight excluding hydrogens is 376 g/mol. The van der Waals surface area contributed by atoms with Gasteiger partial charge < -0.3 is 20.9 Å². The fraction of sp³-hybridized carbons (Fsp3) is 0.429. The second kappa shape index (κ2) is 9.75. The van der Waals surface area contributed by atoms with E-state index in [4.69, 9.17) is 5.73 Å². The summed E-state index contributed by atoms with van der Waals surface area (Å²) in [5.41, 5.74) is 6.97. The van der Waals surface area contributed by atoms with Gasteiger partial charge in [0.05, 0.1) is 6.04 Å². The third-order valence-electron chi connectivity index (χ3n) is 5.25. The molecule has 2 aromatic rings. The molecule has 1 heterocycles.